The molecule has 4 N–H and O–H groups in total. The largest absolute Gasteiger partial charge is 0.396 e. The number of amides is 1. The zero-order chi connectivity index (χ0) is 25.3. The van der Waals surface area contributed by atoms with Gasteiger partial charge in [0.05, 0.1) is 17.8 Å². The van der Waals surface area contributed by atoms with Crippen molar-refractivity contribution < 1.29 is 14.3 Å². The van der Waals surface area contributed by atoms with E-state index in [1.807, 2.05) is 38.1 Å². The third-order valence-corrected chi connectivity index (χ3v) is 7.27. The summed E-state index contributed by atoms with van der Waals surface area (Å²) in [7, 11) is 0. The summed E-state index contributed by atoms with van der Waals surface area (Å²) in [5.74, 6) is -0.585. The molecule has 1 saturated carbocycles. The molecule has 1 aromatic heterocycles. The highest BCUT2D eigenvalue weighted by Crippen LogP contribution is 2.44. The van der Waals surface area contributed by atoms with E-state index < -0.39 is 22.8 Å². The first kappa shape index (κ1) is 24.9. The van der Waals surface area contributed by atoms with Gasteiger partial charge in [0.15, 0.2) is 5.82 Å². The Balaban J connectivity index is 1.76. The van der Waals surface area contributed by atoms with Crippen LogP contribution in [0.15, 0.2) is 52.4 Å². The number of aliphatic hydroxyl groups excluding tert-OH is 1. The van der Waals surface area contributed by atoms with E-state index in [9.17, 15) is 14.7 Å². The van der Waals surface area contributed by atoms with Crippen molar-refractivity contribution in [2.24, 2.45) is 5.73 Å². The van der Waals surface area contributed by atoms with Gasteiger partial charge in [0.1, 0.15) is 5.82 Å². The second-order valence-electron chi connectivity index (χ2n) is 9.20. The molecule has 1 fully saturated rings. The molecule has 1 aliphatic carbocycles. The minimum absolute atomic E-state index is 0.0128. The molecule has 0 radical (unpaired) electrons. The fourth-order valence-electron chi connectivity index (χ4n) is 4.30. The van der Waals surface area contributed by atoms with Gasteiger partial charge in [0.2, 0.25) is 5.91 Å². The number of aliphatic hydroxyl groups is 1. The standard InChI is InChI=1S/C26H29FN4O3S/c1-15-19(14-17(23(28)33)21(22(15)27)16-8-9-16)31-11-10-29-24(25(31)34)30-26(2,3)18-6-4-5-7-20(18)35-13-12-32/h4-7,10-11,14,16,32H,8-9,12-13H2,1-3H3,(H2,28,33)(H,29,30). The van der Waals surface area contributed by atoms with Crippen LogP contribution in [-0.2, 0) is 5.54 Å². The van der Waals surface area contributed by atoms with Crippen LogP contribution in [0.5, 0.6) is 0 Å². The van der Waals surface area contributed by atoms with E-state index in [4.69, 9.17) is 5.73 Å². The predicted molar refractivity (Wildman–Crippen MR) is 136 cm³/mol. The topological polar surface area (TPSA) is 110 Å². The van der Waals surface area contributed by atoms with E-state index in [1.165, 1.54) is 34.8 Å². The Kier molecular flexibility index (Phi) is 7.00. The van der Waals surface area contributed by atoms with Crippen LogP contribution in [0.4, 0.5) is 10.2 Å². The number of aromatic nitrogens is 2. The number of benzene rings is 2. The first-order chi connectivity index (χ1) is 16.7. The van der Waals surface area contributed by atoms with Gasteiger partial charge in [-0.1, -0.05) is 18.2 Å². The number of nitrogens with zero attached hydrogens (tertiary/aromatic N) is 2. The van der Waals surface area contributed by atoms with Crippen LogP contribution >= 0.6 is 11.8 Å². The number of carbonyl (C=O) groups excluding carboxylic acids is 1. The van der Waals surface area contributed by atoms with Crippen LogP contribution in [0, 0.1) is 12.7 Å². The minimum atomic E-state index is -0.717. The number of rotatable bonds is 9. The number of anilines is 1. The summed E-state index contributed by atoms with van der Waals surface area (Å²) >= 11 is 1.53. The SMILES string of the molecule is Cc1c(-n2ccnc(NC(C)(C)c3ccccc3SCCO)c2=O)cc(C(N)=O)c(C2CC2)c1F. The number of hydrogen-bond acceptors (Lipinski definition) is 6. The highest BCUT2D eigenvalue weighted by atomic mass is 32.2. The number of nitrogens with two attached hydrogens (primary N) is 1. The van der Waals surface area contributed by atoms with E-state index in [0.717, 1.165) is 23.3 Å². The van der Waals surface area contributed by atoms with Crippen LogP contribution in [-0.4, -0.2) is 32.9 Å². The quantitative estimate of drug-likeness (QED) is 0.385. The first-order valence-electron chi connectivity index (χ1n) is 11.5. The second-order valence-corrected chi connectivity index (χ2v) is 10.3. The normalized spacial score (nSPS) is 13.6. The van der Waals surface area contributed by atoms with E-state index in [0.29, 0.717) is 11.3 Å². The lowest BCUT2D eigenvalue weighted by atomic mass is 9.94. The molecule has 0 atom stereocenters. The molecule has 0 spiro atoms. The van der Waals surface area contributed by atoms with E-state index in [2.05, 4.69) is 10.3 Å². The zero-order valence-electron chi connectivity index (χ0n) is 20.0. The fraction of sp³-hybridized carbons (Fsp3) is 0.346. The summed E-state index contributed by atoms with van der Waals surface area (Å²) in [6.07, 6.45) is 4.54. The van der Waals surface area contributed by atoms with Crippen LogP contribution in [0.1, 0.15) is 59.7 Å². The van der Waals surface area contributed by atoms with Crippen molar-refractivity contribution in [1.29, 1.82) is 0 Å². The monoisotopic (exact) mass is 496 g/mol. The number of hydrogen-bond donors (Lipinski definition) is 3. The summed E-state index contributed by atoms with van der Waals surface area (Å²) in [6, 6.07) is 9.27. The van der Waals surface area contributed by atoms with Gasteiger partial charge >= 0.3 is 0 Å². The Morgan fingerprint density at radius 2 is 2.06 bits per heavy atom. The second kappa shape index (κ2) is 9.83. The maximum atomic E-state index is 15.4. The number of primary amides is 1. The van der Waals surface area contributed by atoms with Gasteiger partial charge in [-0.25, -0.2) is 9.37 Å². The molecule has 3 aromatic rings. The van der Waals surface area contributed by atoms with E-state index >= 15 is 4.39 Å². The van der Waals surface area contributed by atoms with Crippen molar-refractivity contribution >= 4 is 23.5 Å². The summed E-state index contributed by atoms with van der Waals surface area (Å²) < 4.78 is 16.6. The molecular weight excluding hydrogens is 467 g/mol. The number of carbonyl (C=O) groups is 1. The molecule has 2 aromatic carbocycles. The summed E-state index contributed by atoms with van der Waals surface area (Å²) in [4.78, 5) is 30.8. The fourth-order valence-corrected chi connectivity index (χ4v) is 5.26. The first-order valence-corrected chi connectivity index (χ1v) is 12.5. The van der Waals surface area contributed by atoms with Gasteiger partial charge in [0.25, 0.3) is 5.56 Å². The lowest BCUT2D eigenvalue weighted by Gasteiger charge is -2.29. The third-order valence-electron chi connectivity index (χ3n) is 6.21. The molecule has 184 valence electrons. The van der Waals surface area contributed by atoms with E-state index in [-0.39, 0.29) is 35.2 Å². The molecule has 0 saturated heterocycles. The summed E-state index contributed by atoms with van der Waals surface area (Å²) in [6.45, 7) is 5.52. The number of thioether (sulfide) groups is 1. The van der Waals surface area contributed by atoms with Gasteiger partial charge in [-0.3, -0.25) is 14.2 Å². The van der Waals surface area contributed by atoms with Crippen molar-refractivity contribution in [3.8, 4) is 5.69 Å². The maximum absolute atomic E-state index is 15.4. The van der Waals surface area contributed by atoms with Crippen LogP contribution in [0.3, 0.4) is 0 Å². The summed E-state index contributed by atoms with van der Waals surface area (Å²) in [5.41, 5.74) is 6.36. The van der Waals surface area contributed by atoms with Crippen LogP contribution < -0.4 is 16.6 Å². The van der Waals surface area contributed by atoms with E-state index in [1.54, 1.807) is 6.92 Å². The van der Waals surface area contributed by atoms with Crippen LogP contribution in [0.25, 0.3) is 5.69 Å². The highest BCUT2D eigenvalue weighted by Gasteiger charge is 2.33. The van der Waals surface area contributed by atoms with Gasteiger partial charge in [-0.05, 0) is 57.2 Å². The smallest absolute Gasteiger partial charge is 0.297 e. The Bertz CT molecular complexity index is 1330. The van der Waals surface area contributed by atoms with Gasteiger partial charge < -0.3 is 16.2 Å². The lowest BCUT2D eigenvalue weighted by molar-refractivity contribution is 0.0998. The molecule has 1 amide bonds. The molecule has 0 bridgehead atoms. The average molecular weight is 497 g/mol. The summed E-state index contributed by atoms with van der Waals surface area (Å²) in [5, 5.41) is 12.5. The van der Waals surface area contributed by atoms with Gasteiger partial charge in [-0.15, -0.1) is 11.8 Å². The average Bonchev–Trinajstić information content (AvgIpc) is 3.66. The molecule has 1 aliphatic rings. The lowest BCUT2D eigenvalue weighted by Crippen LogP contribution is -2.34. The molecule has 1 heterocycles. The Hall–Kier alpha value is -3.17. The third kappa shape index (κ3) is 4.97. The van der Waals surface area contributed by atoms with Crippen molar-refractivity contribution in [3.05, 3.63) is 81.2 Å². The molecule has 7 nitrogen and oxygen atoms in total. The Morgan fingerprint density at radius 3 is 2.71 bits per heavy atom. The zero-order valence-corrected chi connectivity index (χ0v) is 20.8. The highest BCUT2D eigenvalue weighted by molar-refractivity contribution is 7.99. The molecule has 9 heteroatoms. The molecular formula is C26H29FN4O3S. The molecule has 4 rings (SSSR count). The molecule has 0 unspecified atom stereocenters. The van der Waals surface area contributed by atoms with Gasteiger partial charge in [-0.2, -0.15) is 0 Å². The van der Waals surface area contributed by atoms with Crippen LogP contribution in [0.2, 0.25) is 0 Å². The minimum Gasteiger partial charge on any atom is -0.396 e. The number of halogens is 1. The Morgan fingerprint density at radius 1 is 1.34 bits per heavy atom. The Labute approximate surface area is 207 Å². The predicted octanol–water partition coefficient (Wildman–Crippen LogP) is 4.09. The molecule has 35 heavy (non-hydrogen) atoms. The van der Waals surface area contributed by atoms with Gasteiger partial charge in [0, 0.05) is 39.7 Å². The number of nitrogens with one attached hydrogen (secondary N) is 1. The maximum Gasteiger partial charge on any atom is 0.297 e. The van der Waals surface area contributed by atoms with Crippen molar-refractivity contribution in [3.63, 3.8) is 0 Å². The van der Waals surface area contributed by atoms with Crippen molar-refractivity contribution in [2.45, 2.75) is 50.0 Å². The molecule has 0 aliphatic heterocycles. The van der Waals surface area contributed by atoms with Crippen molar-refractivity contribution in [2.75, 3.05) is 17.7 Å². The van der Waals surface area contributed by atoms with Crippen molar-refractivity contribution in [1.82, 2.24) is 9.55 Å².